The zero-order valence-corrected chi connectivity index (χ0v) is 22.8. The van der Waals surface area contributed by atoms with Gasteiger partial charge in [-0.2, -0.15) is 0 Å². The molecule has 3 aromatic carbocycles. The van der Waals surface area contributed by atoms with Crippen LogP contribution in [-0.2, 0) is 4.79 Å². The van der Waals surface area contributed by atoms with Crippen LogP contribution in [0, 0.1) is 0 Å². The Morgan fingerprint density at radius 2 is 1.48 bits per heavy atom. The zero-order valence-electron chi connectivity index (χ0n) is 20.5. The highest BCUT2D eigenvalue weighted by Crippen LogP contribution is 2.34. The molecule has 0 saturated heterocycles. The SMILES string of the molecule is O=C(CSc1nnc(-c2ccncc2)n1-c1ccc(Cl)cc1)Nc1cc2c(cc1Cl)C(=O)c1ccccc1C2=O. The largest absolute Gasteiger partial charge is 0.324 e. The Kier molecular flexibility index (Phi) is 6.93. The summed E-state index contributed by atoms with van der Waals surface area (Å²) in [6, 6.07) is 20.3. The van der Waals surface area contributed by atoms with Crippen LogP contribution >= 0.6 is 35.0 Å². The number of pyridine rings is 1. The van der Waals surface area contributed by atoms with Crippen LogP contribution in [0.5, 0.6) is 0 Å². The molecule has 40 heavy (non-hydrogen) atoms. The molecule has 8 nitrogen and oxygen atoms in total. The van der Waals surface area contributed by atoms with Gasteiger partial charge >= 0.3 is 0 Å². The third kappa shape index (κ3) is 4.79. The molecule has 0 bridgehead atoms. The Morgan fingerprint density at radius 1 is 0.825 bits per heavy atom. The summed E-state index contributed by atoms with van der Waals surface area (Å²) in [7, 11) is 0. The van der Waals surface area contributed by atoms with E-state index in [1.807, 2.05) is 28.8 Å². The van der Waals surface area contributed by atoms with Crippen LogP contribution in [0.25, 0.3) is 17.1 Å². The van der Waals surface area contributed by atoms with E-state index in [0.29, 0.717) is 27.1 Å². The van der Waals surface area contributed by atoms with Gasteiger partial charge < -0.3 is 5.32 Å². The third-order valence-electron chi connectivity index (χ3n) is 6.28. The van der Waals surface area contributed by atoms with Gasteiger partial charge in [-0.05, 0) is 48.5 Å². The number of rotatable bonds is 6. The van der Waals surface area contributed by atoms with Gasteiger partial charge in [0, 0.05) is 50.9 Å². The minimum atomic E-state index is -0.377. The Bertz CT molecular complexity index is 1810. The van der Waals surface area contributed by atoms with E-state index in [2.05, 4.69) is 20.5 Å². The van der Waals surface area contributed by atoms with Gasteiger partial charge in [-0.15, -0.1) is 10.2 Å². The second kappa shape index (κ2) is 10.7. The summed E-state index contributed by atoms with van der Waals surface area (Å²) in [4.78, 5) is 43.1. The number of nitrogens with one attached hydrogen (secondary N) is 1. The fourth-order valence-corrected chi connectivity index (χ4v) is 5.49. The maximum absolute atomic E-state index is 13.1. The van der Waals surface area contributed by atoms with Crippen molar-refractivity contribution in [3.63, 3.8) is 0 Å². The molecule has 5 aromatic rings. The molecule has 1 aliphatic carbocycles. The van der Waals surface area contributed by atoms with Gasteiger partial charge in [0.1, 0.15) is 0 Å². The van der Waals surface area contributed by atoms with Crippen molar-refractivity contribution in [2.45, 2.75) is 5.16 Å². The van der Waals surface area contributed by atoms with Gasteiger partial charge in [-0.1, -0.05) is 59.2 Å². The number of amides is 1. The highest BCUT2D eigenvalue weighted by atomic mass is 35.5. The number of fused-ring (bicyclic) bond motifs is 2. The molecule has 11 heteroatoms. The van der Waals surface area contributed by atoms with Gasteiger partial charge in [-0.25, -0.2) is 0 Å². The average Bonchev–Trinajstić information content (AvgIpc) is 3.40. The number of hydrogen-bond acceptors (Lipinski definition) is 7. The number of aromatic nitrogens is 4. The van der Waals surface area contributed by atoms with Crippen molar-refractivity contribution in [2.75, 3.05) is 11.1 Å². The fraction of sp³-hybridized carbons (Fsp3) is 0.0345. The van der Waals surface area contributed by atoms with Crippen molar-refractivity contribution in [3.8, 4) is 17.1 Å². The Morgan fingerprint density at radius 3 is 2.15 bits per heavy atom. The fourth-order valence-electron chi connectivity index (χ4n) is 4.40. The molecule has 2 heterocycles. The number of carbonyl (C=O) groups excluding carboxylic acids is 3. The molecule has 196 valence electrons. The first-order valence-corrected chi connectivity index (χ1v) is 13.7. The lowest BCUT2D eigenvalue weighted by Gasteiger charge is -2.19. The molecule has 0 unspecified atom stereocenters. The molecule has 0 saturated carbocycles. The second-order valence-electron chi connectivity index (χ2n) is 8.77. The first-order chi connectivity index (χ1) is 19.4. The molecule has 0 radical (unpaired) electrons. The van der Waals surface area contributed by atoms with Gasteiger partial charge in [-0.3, -0.25) is 23.9 Å². The quantitative estimate of drug-likeness (QED) is 0.234. The van der Waals surface area contributed by atoms with E-state index in [0.717, 1.165) is 11.3 Å². The number of ketones is 2. The van der Waals surface area contributed by atoms with Crippen molar-refractivity contribution in [3.05, 3.63) is 117 Å². The number of benzene rings is 3. The lowest BCUT2D eigenvalue weighted by molar-refractivity contribution is -0.113. The highest BCUT2D eigenvalue weighted by molar-refractivity contribution is 7.99. The average molecular weight is 586 g/mol. The molecular formula is C29H17Cl2N5O3S. The lowest BCUT2D eigenvalue weighted by atomic mass is 9.84. The van der Waals surface area contributed by atoms with E-state index < -0.39 is 0 Å². The van der Waals surface area contributed by atoms with Gasteiger partial charge in [0.25, 0.3) is 0 Å². The Balaban J connectivity index is 1.25. The summed E-state index contributed by atoms with van der Waals surface area (Å²) < 4.78 is 1.83. The molecule has 0 fully saturated rings. The zero-order chi connectivity index (χ0) is 27.8. The molecular weight excluding hydrogens is 569 g/mol. The molecule has 2 aromatic heterocycles. The first-order valence-electron chi connectivity index (χ1n) is 12.0. The van der Waals surface area contributed by atoms with E-state index >= 15 is 0 Å². The normalized spacial score (nSPS) is 12.2. The molecule has 0 spiro atoms. The van der Waals surface area contributed by atoms with E-state index in [-0.39, 0.29) is 45.1 Å². The van der Waals surface area contributed by atoms with Crippen LogP contribution in [0.2, 0.25) is 10.0 Å². The summed E-state index contributed by atoms with van der Waals surface area (Å²) in [5.74, 6) is -0.407. The highest BCUT2D eigenvalue weighted by Gasteiger charge is 2.30. The van der Waals surface area contributed by atoms with Crippen molar-refractivity contribution in [1.29, 1.82) is 0 Å². The molecule has 6 rings (SSSR count). The topological polar surface area (TPSA) is 107 Å². The number of carbonyl (C=O) groups is 3. The molecule has 0 atom stereocenters. The summed E-state index contributed by atoms with van der Waals surface area (Å²) in [5.41, 5.74) is 2.87. The monoisotopic (exact) mass is 585 g/mol. The lowest BCUT2D eigenvalue weighted by Crippen LogP contribution is -2.22. The summed E-state index contributed by atoms with van der Waals surface area (Å²) in [6.07, 6.45) is 3.32. The third-order valence-corrected chi connectivity index (χ3v) is 7.77. The van der Waals surface area contributed by atoms with Gasteiger partial charge in [0.2, 0.25) is 5.91 Å². The standard InChI is InChI=1S/C29H17Cl2N5O3S/c30-17-5-7-18(8-6-17)36-28(16-9-11-32-12-10-16)34-35-29(36)40-15-25(37)33-24-14-22-21(13-23(24)31)26(38)19-3-1-2-4-20(19)27(22)39/h1-14H,15H2,(H,33,37). The summed E-state index contributed by atoms with van der Waals surface area (Å²) in [6.45, 7) is 0. The van der Waals surface area contributed by atoms with Crippen molar-refractivity contribution in [1.82, 2.24) is 19.7 Å². The maximum atomic E-state index is 13.1. The number of thioether (sulfide) groups is 1. The minimum Gasteiger partial charge on any atom is -0.324 e. The molecule has 1 aliphatic rings. The van der Waals surface area contributed by atoms with Gasteiger partial charge in [0.15, 0.2) is 22.5 Å². The van der Waals surface area contributed by atoms with E-state index in [1.54, 1.807) is 48.8 Å². The number of hydrogen-bond donors (Lipinski definition) is 1. The van der Waals surface area contributed by atoms with Crippen LogP contribution < -0.4 is 5.32 Å². The predicted octanol–water partition coefficient (Wildman–Crippen LogP) is 6.14. The van der Waals surface area contributed by atoms with E-state index in [9.17, 15) is 14.4 Å². The number of anilines is 1. The number of nitrogens with zero attached hydrogens (tertiary/aromatic N) is 4. The number of halogens is 2. The van der Waals surface area contributed by atoms with Crippen LogP contribution in [0.4, 0.5) is 5.69 Å². The van der Waals surface area contributed by atoms with Crippen LogP contribution in [0.15, 0.2) is 90.3 Å². The summed E-state index contributed by atoms with van der Waals surface area (Å²) >= 11 is 13.7. The maximum Gasteiger partial charge on any atom is 0.234 e. The van der Waals surface area contributed by atoms with Crippen molar-refractivity contribution >= 4 is 58.1 Å². The van der Waals surface area contributed by atoms with Gasteiger partial charge in [0.05, 0.1) is 16.5 Å². The van der Waals surface area contributed by atoms with Crippen molar-refractivity contribution < 1.29 is 14.4 Å². The Hall–Kier alpha value is -4.31. The van der Waals surface area contributed by atoms with Crippen molar-refractivity contribution in [2.24, 2.45) is 0 Å². The second-order valence-corrected chi connectivity index (χ2v) is 10.6. The molecule has 1 amide bonds. The smallest absolute Gasteiger partial charge is 0.234 e. The minimum absolute atomic E-state index is 0.0226. The van der Waals surface area contributed by atoms with E-state index in [4.69, 9.17) is 23.2 Å². The van der Waals surface area contributed by atoms with Crippen LogP contribution in [0.3, 0.4) is 0 Å². The molecule has 0 aliphatic heterocycles. The Labute approximate surface area is 242 Å². The first kappa shape index (κ1) is 25.9. The summed E-state index contributed by atoms with van der Waals surface area (Å²) in [5, 5.41) is 12.7. The van der Waals surface area contributed by atoms with E-state index in [1.165, 1.54) is 23.9 Å². The van der Waals surface area contributed by atoms with Crippen LogP contribution in [-0.4, -0.2) is 43.0 Å². The van der Waals surface area contributed by atoms with Crippen LogP contribution in [0.1, 0.15) is 31.8 Å². The predicted molar refractivity (Wildman–Crippen MR) is 154 cm³/mol. The molecule has 1 N–H and O–H groups in total.